The number of nitrogens with zero attached hydrogens (tertiary/aromatic N) is 2. The van der Waals surface area contributed by atoms with Crippen LogP contribution in [0.15, 0.2) is 5.10 Å². The predicted molar refractivity (Wildman–Crippen MR) is 37.3 cm³/mol. The molecule has 9 heavy (non-hydrogen) atoms. The lowest BCUT2D eigenvalue weighted by atomic mass is 10.5. The molecule has 1 aliphatic rings. The molecule has 0 radical (unpaired) electrons. The number of carbonyl (C=O) groups excluding carboxylic acids is 1. The zero-order valence-electron chi connectivity index (χ0n) is 4.74. The molecule has 0 saturated heterocycles. The van der Waals surface area contributed by atoms with E-state index in [0.29, 0.717) is 6.54 Å². The molecule has 0 aromatic rings. The summed E-state index contributed by atoms with van der Waals surface area (Å²) in [4.78, 5) is 10.6. The largest absolute Gasteiger partial charge is 0.347 e. The third-order valence-electron chi connectivity index (χ3n) is 1.02. The van der Waals surface area contributed by atoms with Gasteiger partial charge < -0.3 is 0 Å². The zero-order valence-corrected chi connectivity index (χ0v) is 5.64. The normalized spacial score (nSPS) is 16.3. The van der Waals surface area contributed by atoms with E-state index in [9.17, 15) is 4.79 Å². The summed E-state index contributed by atoms with van der Waals surface area (Å²) < 4.78 is 2.17. The minimum absolute atomic E-state index is 0.271. The molecule has 50 valence electrons. The van der Waals surface area contributed by atoms with Crippen LogP contribution in [0.3, 0.4) is 0 Å². The van der Waals surface area contributed by atoms with Gasteiger partial charge in [-0.1, -0.05) is 12.8 Å². The maximum absolute atomic E-state index is 10.6. The van der Waals surface area contributed by atoms with E-state index in [1.807, 2.05) is 0 Å². The minimum atomic E-state index is -0.271. The highest BCUT2D eigenvalue weighted by Gasteiger charge is 2.12. The molecular formula is C4H7N3OS. The van der Waals surface area contributed by atoms with Gasteiger partial charge in [-0.15, -0.1) is 0 Å². The molecule has 1 aliphatic heterocycles. The van der Waals surface area contributed by atoms with Gasteiger partial charge in [-0.25, -0.2) is 9.80 Å². The third kappa shape index (κ3) is 1.35. The Morgan fingerprint density at radius 1 is 1.89 bits per heavy atom. The second-order valence-corrected chi connectivity index (χ2v) is 1.85. The second-order valence-electron chi connectivity index (χ2n) is 1.63. The quantitative estimate of drug-likeness (QED) is 0.471. The van der Waals surface area contributed by atoms with Gasteiger partial charge in [0.15, 0.2) is 0 Å². The summed E-state index contributed by atoms with van der Waals surface area (Å²) in [5.41, 5.74) is 0. The Kier molecular flexibility index (Phi) is 1.94. The fraction of sp³-hybridized carbons (Fsp3) is 0.500. The lowest BCUT2D eigenvalue weighted by molar-refractivity contribution is 0.212. The van der Waals surface area contributed by atoms with Crippen LogP contribution in [0.1, 0.15) is 6.42 Å². The van der Waals surface area contributed by atoms with Gasteiger partial charge in [0.25, 0.3) is 0 Å². The van der Waals surface area contributed by atoms with Crippen LogP contribution in [-0.4, -0.2) is 23.8 Å². The van der Waals surface area contributed by atoms with Gasteiger partial charge in [0.1, 0.15) is 0 Å². The number of rotatable bonds is 0. The molecule has 0 unspecified atom stereocenters. The van der Waals surface area contributed by atoms with Crippen molar-refractivity contribution in [1.82, 2.24) is 9.73 Å². The second kappa shape index (κ2) is 2.72. The SMILES string of the molecule is O=C(NS)N1CCC=N1. The molecule has 4 nitrogen and oxygen atoms in total. The van der Waals surface area contributed by atoms with Crippen molar-refractivity contribution in [1.29, 1.82) is 0 Å². The highest BCUT2D eigenvalue weighted by atomic mass is 32.1. The van der Waals surface area contributed by atoms with Crippen LogP contribution in [0.5, 0.6) is 0 Å². The Hall–Kier alpha value is -0.710. The van der Waals surface area contributed by atoms with E-state index in [4.69, 9.17) is 0 Å². The van der Waals surface area contributed by atoms with Crippen molar-refractivity contribution in [2.24, 2.45) is 5.10 Å². The van der Waals surface area contributed by atoms with E-state index in [1.54, 1.807) is 6.21 Å². The number of hydrazone groups is 1. The summed E-state index contributed by atoms with van der Waals surface area (Å²) in [5.74, 6) is 0. The molecule has 0 saturated carbocycles. The summed E-state index contributed by atoms with van der Waals surface area (Å²) in [5, 5.41) is 5.08. The Morgan fingerprint density at radius 3 is 3.11 bits per heavy atom. The lowest BCUT2D eigenvalue weighted by Crippen LogP contribution is -2.29. The number of carbonyl (C=O) groups is 1. The van der Waals surface area contributed by atoms with Crippen molar-refractivity contribution >= 4 is 25.1 Å². The monoisotopic (exact) mass is 145 g/mol. The first-order valence-electron chi connectivity index (χ1n) is 2.58. The smallest absolute Gasteiger partial charge is 0.283 e. The van der Waals surface area contributed by atoms with Crippen molar-refractivity contribution in [3.05, 3.63) is 0 Å². The fourth-order valence-corrected chi connectivity index (χ4v) is 0.721. The fourth-order valence-electron chi connectivity index (χ4n) is 0.606. The standard InChI is InChI=1S/C4H7N3OS/c8-4(6-9)7-3-1-2-5-7/h2,9H,1,3H2,(H,6,8). The Morgan fingerprint density at radius 2 is 2.67 bits per heavy atom. The van der Waals surface area contributed by atoms with Crippen molar-refractivity contribution in [2.45, 2.75) is 6.42 Å². The Balaban J connectivity index is 2.43. The van der Waals surface area contributed by atoms with Crippen molar-refractivity contribution < 1.29 is 4.79 Å². The van der Waals surface area contributed by atoms with E-state index >= 15 is 0 Å². The number of amides is 2. The number of hydrogen-bond acceptors (Lipinski definition) is 3. The van der Waals surface area contributed by atoms with Crippen molar-refractivity contribution in [2.75, 3.05) is 6.54 Å². The van der Waals surface area contributed by atoms with Crippen molar-refractivity contribution in [3.8, 4) is 0 Å². The molecule has 0 fully saturated rings. The maximum atomic E-state index is 10.6. The molecular weight excluding hydrogens is 138 g/mol. The van der Waals surface area contributed by atoms with Gasteiger partial charge in [-0.05, 0) is 0 Å². The van der Waals surface area contributed by atoms with E-state index in [-0.39, 0.29) is 6.03 Å². The van der Waals surface area contributed by atoms with Crippen LogP contribution in [0, 0.1) is 0 Å². The van der Waals surface area contributed by atoms with Crippen LogP contribution in [-0.2, 0) is 0 Å². The van der Waals surface area contributed by atoms with Gasteiger partial charge in [0.2, 0.25) is 0 Å². The summed E-state index contributed by atoms with van der Waals surface area (Å²) in [6, 6.07) is -0.271. The van der Waals surface area contributed by atoms with Gasteiger partial charge in [-0.3, -0.25) is 4.72 Å². The number of urea groups is 1. The topological polar surface area (TPSA) is 44.7 Å². The molecule has 2 amide bonds. The zero-order chi connectivity index (χ0) is 6.69. The summed E-state index contributed by atoms with van der Waals surface area (Å²) >= 11 is 3.58. The number of nitrogens with one attached hydrogen (secondary N) is 1. The molecule has 1 heterocycles. The van der Waals surface area contributed by atoms with Crippen LogP contribution in [0.2, 0.25) is 0 Å². The minimum Gasteiger partial charge on any atom is -0.283 e. The molecule has 1 N–H and O–H groups in total. The molecule has 1 rings (SSSR count). The number of hydrogen-bond donors (Lipinski definition) is 2. The average molecular weight is 145 g/mol. The van der Waals surface area contributed by atoms with E-state index in [2.05, 4.69) is 22.6 Å². The summed E-state index contributed by atoms with van der Waals surface area (Å²) in [7, 11) is 0. The van der Waals surface area contributed by atoms with E-state index in [0.717, 1.165) is 6.42 Å². The van der Waals surface area contributed by atoms with Crippen LogP contribution < -0.4 is 4.72 Å². The highest BCUT2D eigenvalue weighted by molar-refractivity contribution is 7.78. The predicted octanol–water partition coefficient (Wildman–Crippen LogP) is 0.232. The maximum Gasteiger partial charge on any atom is 0.347 e. The molecule has 0 spiro atoms. The first-order valence-corrected chi connectivity index (χ1v) is 3.03. The highest BCUT2D eigenvalue weighted by Crippen LogP contribution is 1.98. The van der Waals surface area contributed by atoms with Gasteiger partial charge in [-0.2, -0.15) is 5.10 Å². The number of thiol groups is 1. The van der Waals surface area contributed by atoms with Crippen molar-refractivity contribution in [3.63, 3.8) is 0 Å². The van der Waals surface area contributed by atoms with E-state index in [1.165, 1.54) is 5.01 Å². The molecule has 0 bridgehead atoms. The Bertz CT molecular complexity index is 147. The average Bonchev–Trinajstić information content (AvgIpc) is 2.37. The third-order valence-corrected chi connectivity index (χ3v) is 1.21. The van der Waals surface area contributed by atoms with Gasteiger partial charge >= 0.3 is 6.03 Å². The van der Waals surface area contributed by atoms with Crippen LogP contribution in [0.25, 0.3) is 0 Å². The molecule has 0 aliphatic carbocycles. The lowest BCUT2D eigenvalue weighted by Gasteiger charge is -2.08. The molecule has 0 aromatic carbocycles. The first-order chi connectivity index (χ1) is 4.34. The molecule has 0 aromatic heterocycles. The van der Waals surface area contributed by atoms with Crippen LogP contribution in [0.4, 0.5) is 4.79 Å². The summed E-state index contributed by atoms with van der Waals surface area (Å²) in [6.45, 7) is 0.659. The van der Waals surface area contributed by atoms with E-state index < -0.39 is 0 Å². The van der Waals surface area contributed by atoms with Gasteiger partial charge in [0, 0.05) is 12.6 Å². The first kappa shape index (κ1) is 6.41. The van der Waals surface area contributed by atoms with Gasteiger partial charge in [0.05, 0.1) is 6.54 Å². The summed E-state index contributed by atoms with van der Waals surface area (Å²) in [6.07, 6.45) is 2.53. The molecule has 5 heteroatoms. The molecule has 0 atom stereocenters. The Labute approximate surface area is 58.5 Å². The van der Waals surface area contributed by atoms with Crippen LogP contribution >= 0.6 is 12.8 Å².